The van der Waals surface area contributed by atoms with Gasteiger partial charge in [0.15, 0.2) is 0 Å². The van der Waals surface area contributed by atoms with E-state index in [1.54, 1.807) is 12.3 Å². The van der Waals surface area contributed by atoms with Crippen LogP contribution in [0.2, 0.25) is 0 Å². The number of fused-ring (bicyclic) bond motifs is 1. The molecule has 3 nitrogen and oxygen atoms in total. The third-order valence-corrected chi connectivity index (χ3v) is 2.30. The number of pyridine rings is 1. The smallest absolute Gasteiger partial charge is 0.137 e. The highest BCUT2D eigenvalue weighted by Crippen LogP contribution is 2.21. The van der Waals surface area contributed by atoms with E-state index in [0.717, 1.165) is 21.1 Å². The second-order valence-electron chi connectivity index (χ2n) is 2.76. The first-order valence-electron chi connectivity index (χ1n) is 4.00. The second-order valence-corrected chi connectivity index (χ2v) is 3.67. The molecule has 0 saturated carbocycles. The molecule has 0 aliphatic carbocycles. The lowest BCUT2D eigenvalue weighted by Gasteiger charge is -1.91. The maximum absolute atomic E-state index is 8.42. The molecule has 0 fully saturated rings. The number of nitrogens with one attached hydrogen (secondary N) is 1. The highest BCUT2D eigenvalue weighted by atomic mass is 79.9. The predicted molar refractivity (Wildman–Crippen MR) is 58.4 cm³/mol. The molecule has 68 valence electrons. The zero-order valence-corrected chi connectivity index (χ0v) is 8.75. The minimum Gasteiger partial charge on any atom is -0.346 e. The molecule has 1 N–H and O–H groups in total. The highest BCUT2D eigenvalue weighted by Gasteiger charge is 2.01. The van der Waals surface area contributed by atoms with Gasteiger partial charge >= 0.3 is 0 Å². The van der Waals surface area contributed by atoms with Crippen LogP contribution in [0.3, 0.4) is 0 Å². The van der Waals surface area contributed by atoms with Crippen LogP contribution in [-0.4, -0.2) is 9.97 Å². The van der Waals surface area contributed by atoms with Gasteiger partial charge in [-0.05, 0) is 28.1 Å². The number of hydrogen-bond donors (Lipinski definition) is 1. The number of aromatic amines is 1. The van der Waals surface area contributed by atoms with Crippen molar-refractivity contribution in [2.75, 3.05) is 0 Å². The summed E-state index contributed by atoms with van der Waals surface area (Å²) in [4.78, 5) is 7.22. The number of allylic oxidation sites excluding steroid dienone is 1. The molecule has 0 radical (unpaired) electrons. The molecule has 0 amide bonds. The van der Waals surface area contributed by atoms with Gasteiger partial charge in [0.2, 0.25) is 0 Å². The Morgan fingerprint density at radius 1 is 1.57 bits per heavy atom. The normalized spacial score (nSPS) is 10.9. The van der Waals surface area contributed by atoms with Crippen LogP contribution < -0.4 is 0 Å². The van der Waals surface area contributed by atoms with E-state index in [1.807, 2.05) is 18.3 Å². The van der Waals surface area contributed by atoms with Gasteiger partial charge < -0.3 is 4.98 Å². The second kappa shape index (κ2) is 3.64. The lowest BCUT2D eigenvalue weighted by Crippen LogP contribution is -1.75. The fourth-order valence-corrected chi connectivity index (χ4v) is 1.59. The largest absolute Gasteiger partial charge is 0.346 e. The first-order chi connectivity index (χ1) is 6.81. The van der Waals surface area contributed by atoms with E-state index >= 15 is 0 Å². The highest BCUT2D eigenvalue weighted by molar-refractivity contribution is 9.10. The third-order valence-electron chi connectivity index (χ3n) is 1.87. The van der Waals surface area contributed by atoms with Gasteiger partial charge in [-0.2, -0.15) is 5.26 Å². The van der Waals surface area contributed by atoms with Crippen molar-refractivity contribution in [1.29, 1.82) is 5.26 Å². The van der Waals surface area contributed by atoms with Gasteiger partial charge in [0.25, 0.3) is 0 Å². The van der Waals surface area contributed by atoms with E-state index in [0.29, 0.717) is 0 Å². The summed E-state index contributed by atoms with van der Waals surface area (Å²) in [5.41, 5.74) is 1.79. The lowest BCUT2D eigenvalue weighted by molar-refractivity contribution is 1.31. The summed E-state index contributed by atoms with van der Waals surface area (Å²) >= 11 is 3.35. The summed E-state index contributed by atoms with van der Waals surface area (Å²) in [7, 11) is 0. The van der Waals surface area contributed by atoms with Crippen molar-refractivity contribution >= 4 is 33.0 Å². The Labute approximate surface area is 89.2 Å². The molecule has 2 heterocycles. The summed E-state index contributed by atoms with van der Waals surface area (Å²) in [6, 6.07) is 3.93. The van der Waals surface area contributed by atoms with Gasteiger partial charge in [-0.3, -0.25) is 0 Å². The number of halogens is 1. The molecule has 14 heavy (non-hydrogen) atoms. The molecular formula is C10H6BrN3. The van der Waals surface area contributed by atoms with Crippen LogP contribution in [0.5, 0.6) is 0 Å². The van der Waals surface area contributed by atoms with Crippen LogP contribution in [0.15, 0.2) is 29.0 Å². The molecule has 0 atom stereocenters. The predicted octanol–water partition coefficient (Wildman–Crippen LogP) is 2.86. The molecule has 2 aromatic rings. The SMILES string of the molecule is N#CC=Cc1c[nH]c2ncc(Br)cc12. The van der Waals surface area contributed by atoms with Crippen molar-refractivity contribution in [1.82, 2.24) is 9.97 Å². The maximum atomic E-state index is 8.42. The third kappa shape index (κ3) is 1.54. The molecule has 0 aromatic carbocycles. The fraction of sp³-hybridized carbons (Fsp3) is 0. The van der Waals surface area contributed by atoms with Gasteiger partial charge in [0.1, 0.15) is 5.65 Å². The van der Waals surface area contributed by atoms with Crippen molar-refractivity contribution in [2.45, 2.75) is 0 Å². The van der Waals surface area contributed by atoms with Crippen LogP contribution in [-0.2, 0) is 0 Å². The zero-order valence-electron chi connectivity index (χ0n) is 7.16. The Kier molecular flexibility index (Phi) is 2.33. The first-order valence-corrected chi connectivity index (χ1v) is 4.79. The minimum absolute atomic E-state index is 0.825. The van der Waals surface area contributed by atoms with Gasteiger partial charge in [-0.15, -0.1) is 0 Å². The van der Waals surface area contributed by atoms with Crippen LogP contribution in [0.1, 0.15) is 5.56 Å². The summed E-state index contributed by atoms with van der Waals surface area (Å²) in [5, 5.41) is 9.43. The van der Waals surface area contributed by atoms with Gasteiger partial charge in [-0.25, -0.2) is 4.98 Å². The molecule has 0 aliphatic rings. The lowest BCUT2D eigenvalue weighted by atomic mass is 10.2. The number of aromatic nitrogens is 2. The van der Waals surface area contributed by atoms with Gasteiger partial charge in [0.05, 0.1) is 6.07 Å². The Balaban J connectivity index is 2.62. The van der Waals surface area contributed by atoms with Crippen molar-refractivity contribution in [3.05, 3.63) is 34.6 Å². The molecule has 0 saturated heterocycles. The monoisotopic (exact) mass is 247 g/mol. The molecule has 2 rings (SSSR count). The molecule has 0 aliphatic heterocycles. The van der Waals surface area contributed by atoms with Gasteiger partial charge in [-0.1, -0.05) is 0 Å². The molecule has 0 bridgehead atoms. The van der Waals surface area contributed by atoms with E-state index in [4.69, 9.17) is 5.26 Å². The van der Waals surface area contributed by atoms with E-state index < -0.39 is 0 Å². The van der Waals surface area contributed by atoms with Crippen LogP contribution >= 0.6 is 15.9 Å². The van der Waals surface area contributed by atoms with Crippen LogP contribution in [0.4, 0.5) is 0 Å². The Morgan fingerprint density at radius 3 is 3.21 bits per heavy atom. The molecule has 2 aromatic heterocycles. The number of nitrogens with zero attached hydrogens (tertiary/aromatic N) is 2. The minimum atomic E-state index is 0.825. The Bertz CT molecular complexity index is 534. The van der Waals surface area contributed by atoms with E-state index in [9.17, 15) is 0 Å². The maximum Gasteiger partial charge on any atom is 0.137 e. The average Bonchev–Trinajstić information content (AvgIpc) is 2.57. The Hall–Kier alpha value is -1.60. The van der Waals surface area contributed by atoms with E-state index in [1.165, 1.54) is 6.08 Å². The van der Waals surface area contributed by atoms with E-state index in [-0.39, 0.29) is 0 Å². The summed E-state index contributed by atoms with van der Waals surface area (Å²) in [6.45, 7) is 0. The average molecular weight is 248 g/mol. The molecule has 0 spiro atoms. The first kappa shape index (κ1) is 8.97. The van der Waals surface area contributed by atoms with Crippen molar-refractivity contribution < 1.29 is 0 Å². The zero-order chi connectivity index (χ0) is 9.97. The number of nitriles is 1. The summed E-state index contributed by atoms with van der Waals surface area (Å²) < 4.78 is 0.927. The van der Waals surface area contributed by atoms with Crippen molar-refractivity contribution in [2.24, 2.45) is 0 Å². The summed E-state index contributed by atoms with van der Waals surface area (Å²) in [5.74, 6) is 0. The van der Waals surface area contributed by atoms with Crippen molar-refractivity contribution in [3.63, 3.8) is 0 Å². The van der Waals surface area contributed by atoms with E-state index in [2.05, 4.69) is 25.9 Å². The van der Waals surface area contributed by atoms with Crippen LogP contribution in [0, 0.1) is 11.3 Å². The summed E-state index contributed by atoms with van der Waals surface area (Å²) in [6.07, 6.45) is 6.77. The van der Waals surface area contributed by atoms with Crippen LogP contribution in [0.25, 0.3) is 17.1 Å². The quantitative estimate of drug-likeness (QED) is 0.789. The molecular weight excluding hydrogens is 242 g/mol. The fourth-order valence-electron chi connectivity index (χ4n) is 1.26. The molecule has 4 heteroatoms. The van der Waals surface area contributed by atoms with Gasteiger partial charge in [0, 0.05) is 33.9 Å². The number of rotatable bonds is 1. The number of H-pyrrole nitrogens is 1. The number of hydrogen-bond acceptors (Lipinski definition) is 2. The Morgan fingerprint density at radius 2 is 2.43 bits per heavy atom. The molecule has 0 unspecified atom stereocenters. The standard InChI is InChI=1S/C10H6BrN3/c11-8-4-9-7(2-1-3-12)5-13-10(9)14-6-8/h1-2,4-6H,(H,13,14). The topological polar surface area (TPSA) is 52.5 Å². The van der Waals surface area contributed by atoms with Crippen molar-refractivity contribution in [3.8, 4) is 6.07 Å².